The number of methoxy groups -OCH3 is 1. The Morgan fingerprint density at radius 2 is 2.11 bits per heavy atom. The fourth-order valence-corrected chi connectivity index (χ4v) is 1.59. The third-order valence-corrected chi connectivity index (χ3v) is 2.88. The molecule has 1 N–H and O–H groups in total. The minimum atomic E-state index is -0.832. The summed E-state index contributed by atoms with van der Waals surface area (Å²) in [4.78, 5) is 11.0. The molecule has 1 aromatic rings. The molecule has 0 saturated heterocycles. The maximum Gasteiger partial charge on any atom is 0.310 e. The predicted octanol–water partition coefficient (Wildman–Crippen LogP) is 3.52. The summed E-state index contributed by atoms with van der Waals surface area (Å²) in [6.07, 6.45) is 3.61. The van der Waals surface area contributed by atoms with E-state index in [9.17, 15) is 4.79 Å². The van der Waals surface area contributed by atoms with Crippen LogP contribution < -0.4 is 0 Å². The van der Waals surface area contributed by atoms with Crippen molar-refractivity contribution in [1.82, 2.24) is 0 Å². The second-order valence-corrected chi connectivity index (χ2v) is 4.11. The van der Waals surface area contributed by atoms with E-state index in [4.69, 9.17) is 9.84 Å². The summed E-state index contributed by atoms with van der Waals surface area (Å²) in [5, 5.41) is 8.99. The van der Waals surface area contributed by atoms with E-state index in [1.165, 1.54) is 0 Å². The van der Waals surface area contributed by atoms with Crippen LogP contribution in [0.1, 0.15) is 36.5 Å². The molecule has 0 aliphatic rings. The number of aliphatic carboxylic acids is 1. The lowest BCUT2D eigenvalue weighted by atomic mass is 9.96. The van der Waals surface area contributed by atoms with Crippen LogP contribution in [0.3, 0.4) is 0 Å². The molecule has 96 valence electrons. The van der Waals surface area contributed by atoms with Crippen molar-refractivity contribution in [3.63, 3.8) is 0 Å². The van der Waals surface area contributed by atoms with Crippen molar-refractivity contribution >= 4 is 18.1 Å². The number of hydrogen-bond acceptors (Lipinski definition) is 2. The van der Waals surface area contributed by atoms with Crippen LogP contribution in [0, 0.1) is 0 Å². The summed E-state index contributed by atoms with van der Waals surface area (Å²) < 4.78 is 5.10. The van der Waals surface area contributed by atoms with Gasteiger partial charge in [0.25, 0.3) is 0 Å². The minimum absolute atomic E-state index is 0.523. The average Bonchev–Trinajstić information content (AvgIpc) is 2.37. The number of carbonyl (C=O) groups is 1. The largest absolute Gasteiger partial charge is 0.501 e. The number of benzene rings is 1. The van der Waals surface area contributed by atoms with E-state index < -0.39 is 11.9 Å². The molecule has 0 aliphatic carbocycles. The molecule has 0 spiro atoms. The smallest absolute Gasteiger partial charge is 0.310 e. The topological polar surface area (TPSA) is 46.5 Å². The van der Waals surface area contributed by atoms with Gasteiger partial charge in [-0.15, -0.1) is 0 Å². The number of carboxylic acid groups (broad SMARTS) is 1. The Balaban J connectivity index is 3.19. The summed E-state index contributed by atoms with van der Waals surface area (Å²) in [7, 11) is 1.61. The number of allylic oxidation sites excluding steroid dienone is 1. The second-order valence-electron chi connectivity index (χ2n) is 4.11. The van der Waals surface area contributed by atoms with Crippen LogP contribution >= 0.6 is 0 Å². The van der Waals surface area contributed by atoms with Crippen LogP contribution in [0.25, 0.3) is 12.2 Å². The molecular formula is C15H18O3. The van der Waals surface area contributed by atoms with E-state index in [1.54, 1.807) is 20.1 Å². The fourth-order valence-electron chi connectivity index (χ4n) is 1.59. The highest BCUT2D eigenvalue weighted by molar-refractivity contribution is 5.76. The number of rotatable bonds is 5. The van der Waals surface area contributed by atoms with E-state index in [-0.39, 0.29) is 0 Å². The highest BCUT2D eigenvalue weighted by Crippen LogP contribution is 2.22. The molecule has 1 aromatic carbocycles. The lowest BCUT2D eigenvalue weighted by Crippen LogP contribution is -2.07. The lowest BCUT2D eigenvalue weighted by molar-refractivity contribution is -0.138. The highest BCUT2D eigenvalue weighted by atomic mass is 16.5. The van der Waals surface area contributed by atoms with Crippen molar-refractivity contribution in [2.75, 3.05) is 7.11 Å². The van der Waals surface area contributed by atoms with Gasteiger partial charge >= 0.3 is 5.97 Å². The van der Waals surface area contributed by atoms with E-state index in [0.29, 0.717) is 0 Å². The first-order chi connectivity index (χ1) is 8.49. The molecule has 3 heteroatoms. The first-order valence-electron chi connectivity index (χ1n) is 5.71. The Morgan fingerprint density at radius 1 is 1.44 bits per heavy atom. The molecule has 0 fully saturated rings. The van der Waals surface area contributed by atoms with Gasteiger partial charge in [0.1, 0.15) is 0 Å². The molecule has 0 radical (unpaired) electrons. The monoisotopic (exact) mass is 246 g/mol. The zero-order valence-corrected chi connectivity index (χ0v) is 10.9. The van der Waals surface area contributed by atoms with Gasteiger partial charge in [0.2, 0.25) is 0 Å². The Hall–Kier alpha value is -2.03. The standard InChI is InChI=1S/C15H18O3/c1-5-12-9-13(11(3)15(16)17)6-7-14(12)8-10(2)18-4/h5-9,11H,1H2,2-4H3,(H,16,17)/b10-8+/t11-/m0/s1. The van der Waals surface area contributed by atoms with Crippen molar-refractivity contribution in [3.05, 3.63) is 47.2 Å². The highest BCUT2D eigenvalue weighted by Gasteiger charge is 2.14. The summed E-state index contributed by atoms with van der Waals surface area (Å²) in [5.74, 6) is -0.566. The molecule has 1 atom stereocenters. The SMILES string of the molecule is C=Cc1cc([C@H](C)C(=O)O)ccc1/C=C(\C)OC. The fraction of sp³-hybridized carbons (Fsp3) is 0.267. The second kappa shape index (κ2) is 6.05. The van der Waals surface area contributed by atoms with Gasteiger partial charge in [-0.3, -0.25) is 4.79 Å². The van der Waals surface area contributed by atoms with Crippen LogP contribution in [-0.2, 0) is 9.53 Å². The maximum atomic E-state index is 11.0. The molecule has 1 rings (SSSR count). The van der Waals surface area contributed by atoms with E-state index in [0.717, 1.165) is 22.4 Å². The molecule has 0 aromatic heterocycles. The third kappa shape index (κ3) is 3.23. The molecule has 0 amide bonds. The van der Waals surface area contributed by atoms with E-state index >= 15 is 0 Å². The van der Waals surface area contributed by atoms with Crippen LogP contribution in [0.5, 0.6) is 0 Å². The quantitative estimate of drug-likeness (QED) is 0.808. The number of carboxylic acids is 1. The molecular weight excluding hydrogens is 228 g/mol. The molecule has 3 nitrogen and oxygen atoms in total. The Kier molecular flexibility index (Phi) is 4.72. The summed E-state index contributed by atoms with van der Waals surface area (Å²) in [5.41, 5.74) is 2.63. The Labute approximate surface area is 107 Å². The van der Waals surface area contributed by atoms with E-state index in [2.05, 4.69) is 6.58 Å². The van der Waals surface area contributed by atoms with Crippen molar-refractivity contribution < 1.29 is 14.6 Å². The molecule has 0 bridgehead atoms. The zero-order valence-electron chi connectivity index (χ0n) is 10.9. The minimum Gasteiger partial charge on any atom is -0.501 e. The van der Waals surface area contributed by atoms with Gasteiger partial charge in [0, 0.05) is 0 Å². The third-order valence-electron chi connectivity index (χ3n) is 2.88. The summed E-state index contributed by atoms with van der Waals surface area (Å²) in [6.45, 7) is 7.28. The molecule has 0 heterocycles. The zero-order chi connectivity index (χ0) is 13.7. The molecule has 0 unspecified atom stereocenters. The predicted molar refractivity (Wildman–Crippen MR) is 73.2 cm³/mol. The Morgan fingerprint density at radius 3 is 2.61 bits per heavy atom. The van der Waals surface area contributed by atoms with Crippen molar-refractivity contribution in [1.29, 1.82) is 0 Å². The van der Waals surface area contributed by atoms with Gasteiger partial charge in [-0.2, -0.15) is 0 Å². The van der Waals surface area contributed by atoms with Crippen molar-refractivity contribution in [2.45, 2.75) is 19.8 Å². The van der Waals surface area contributed by atoms with Crippen molar-refractivity contribution in [3.8, 4) is 0 Å². The number of hydrogen-bond donors (Lipinski definition) is 1. The van der Waals surface area contributed by atoms with Gasteiger partial charge < -0.3 is 9.84 Å². The number of ether oxygens (including phenoxy) is 1. The average molecular weight is 246 g/mol. The summed E-state index contributed by atoms with van der Waals surface area (Å²) >= 11 is 0. The Bertz CT molecular complexity index is 487. The van der Waals surface area contributed by atoms with Gasteiger partial charge in [0.05, 0.1) is 18.8 Å². The first-order valence-corrected chi connectivity index (χ1v) is 5.71. The maximum absolute atomic E-state index is 11.0. The van der Waals surface area contributed by atoms with Crippen LogP contribution in [0.4, 0.5) is 0 Å². The van der Waals surface area contributed by atoms with Gasteiger partial charge in [-0.1, -0.05) is 30.9 Å². The van der Waals surface area contributed by atoms with Gasteiger partial charge in [-0.05, 0) is 36.6 Å². The molecule has 18 heavy (non-hydrogen) atoms. The molecule has 0 aliphatic heterocycles. The summed E-state index contributed by atoms with van der Waals surface area (Å²) in [6, 6.07) is 5.55. The van der Waals surface area contributed by atoms with Crippen LogP contribution in [0.2, 0.25) is 0 Å². The van der Waals surface area contributed by atoms with E-state index in [1.807, 2.05) is 31.2 Å². The van der Waals surface area contributed by atoms with Crippen LogP contribution in [0.15, 0.2) is 30.5 Å². The molecule has 0 saturated carbocycles. The lowest BCUT2D eigenvalue weighted by Gasteiger charge is -2.10. The van der Waals surface area contributed by atoms with Crippen LogP contribution in [-0.4, -0.2) is 18.2 Å². The van der Waals surface area contributed by atoms with Gasteiger partial charge in [-0.25, -0.2) is 0 Å². The van der Waals surface area contributed by atoms with Gasteiger partial charge in [0.15, 0.2) is 0 Å². The normalized spacial score (nSPS) is 12.9. The van der Waals surface area contributed by atoms with Crippen molar-refractivity contribution in [2.24, 2.45) is 0 Å². The first kappa shape index (κ1) is 14.0.